The topological polar surface area (TPSA) is 50.2 Å². The summed E-state index contributed by atoms with van der Waals surface area (Å²) < 4.78 is 25.0. The van der Waals surface area contributed by atoms with Gasteiger partial charge in [-0.05, 0) is 22.6 Å². The van der Waals surface area contributed by atoms with Gasteiger partial charge in [0.1, 0.15) is 10.7 Å². The van der Waals surface area contributed by atoms with Gasteiger partial charge in [-0.3, -0.25) is 0 Å². The molecule has 0 unspecified atom stereocenters. The number of pyridine rings is 1. The first-order valence-corrected chi connectivity index (χ1v) is 4.76. The molecule has 1 rings (SSSR count). The maximum atomic E-state index is 12.5. The molecular weight excluding hydrogens is 330 g/mol. The fourth-order valence-electron chi connectivity index (χ4n) is 0.895. The molecule has 0 aliphatic carbocycles. The number of carboxylic acids is 1. The molecule has 0 aliphatic rings. The number of hydrogen-bond acceptors (Lipinski definition) is 2. The molecule has 1 N–H and O–H groups in total. The number of nitrogens with zero attached hydrogens (tertiary/aromatic N) is 1. The molecule has 0 aromatic carbocycles. The van der Waals surface area contributed by atoms with Gasteiger partial charge in [-0.1, -0.05) is 11.6 Å². The van der Waals surface area contributed by atoms with Crippen LogP contribution in [0.1, 0.15) is 22.3 Å². The summed E-state index contributed by atoms with van der Waals surface area (Å²) in [7, 11) is 0. The molecular formula is C7H3ClF2INO2. The Hall–Kier alpha value is -0.500. The molecule has 14 heavy (non-hydrogen) atoms. The van der Waals surface area contributed by atoms with Crippen molar-refractivity contribution in [2.45, 2.75) is 6.43 Å². The van der Waals surface area contributed by atoms with E-state index in [0.717, 1.165) is 6.20 Å². The van der Waals surface area contributed by atoms with E-state index in [1.54, 1.807) is 22.6 Å². The van der Waals surface area contributed by atoms with Crippen molar-refractivity contribution in [2.75, 3.05) is 0 Å². The summed E-state index contributed by atoms with van der Waals surface area (Å²) in [5.74, 6) is -1.50. The van der Waals surface area contributed by atoms with Gasteiger partial charge in [0.15, 0.2) is 0 Å². The predicted molar refractivity (Wildman–Crippen MR) is 53.9 cm³/mol. The molecule has 1 aromatic rings. The van der Waals surface area contributed by atoms with Gasteiger partial charge in [0.2, 0.25) is 0 Å². The Morgan fingerprint density at radius 3 is 2.57 bits per heavy atom. The molecule has 0 fully saturated rings. The number of rotatable bonds is 2. The Labute approximate surface area is 96.2 Å². The SMILES string of the molecule is O=C(O)c1c(Cl)ncc(I)c1C(F)F. The molecule has 0 amide bonds. The quantitative estimate of drug-likeness (QED) is 0.669. The molecule has 0 saturated heterocycles. The van der Waals surface area contributed by atoms with E-state index in [9.17, 15) is 13.6 Å². The molecule has 0 bridgehead atoms. The van der Waals surface area contributed by atoms with Crippen molar-refractivity contribution < 1.29 is 18.7 Å². The van der Waals surface area contributed by atoms with Crippen LogP contribution in [0.3, 0.4) is 0 Å². The number of carboxylic acid groups (broad SMARTS) is 1. The standard InChI is InChI=1S/C7H3ClF2INO2/c8-5-4(7(13)14)3(6(9)10)2(11)1-12-5/h1,6H,(H,13,14). The van der Waals surface area contributed by atoms with Crippen LogP contribution in [-0.2, 0) is 0 Å². The van der Waals surface area contributed by atoms with Gasteiger partial charge in [0.25, 0.3) is 6.43 Å². The van der Waals surface area contributed by atoms with Gasteiger partial charge < -0.3 is 5.11 Å². The molecule has 1 heterocycles. The maximum Gasteiger partial charge on any atom is 0.339 e. The highest BCUT2D eigenvalue weighted by atomic mass is 127. The van der Waals surface area contributed by atoms with Crippen molar-refractivity contribution in [1.82, 2.24) is 4.98 Å². The molecule has 0 radical (unpaired) electrons. The van der Waals surface area contributed by atoms with E-state index in [2.05, 4.69) is 4.98 Å². The zero-order chi connectivity index (χ0) is 10.9. The van der Waals surface area contributed by atoms with Crippen LogP contribution in [0.15, 0.2) is 6.20 Å². The van der Waals surface area contributed by atoms with Gasteiger partial charge >= 0.3 is 5.97 Å². The van der Waals surface area contributed by atoms with E-state index < -0.39 is 28.7 Å². The summed E-state index contributed by atoms with van der Waals surface area (Å²) in [5.41, 5.74) is -1.22. The molecule has 7 heteroatoms. The lowest BCUT2D eigenvalue weighted by molar-refractivity contribution is 0.0684. The van der Waals surface area contributed by atoms with Crippen molar-refractivity contribution in [3.63, 3.8) is 0 Å². The van der Waals surface area contributed by atoms with Crippen molar-refractivity contribution in [3.8, 4) is 0 Å². The second kappa shape index (κ2) is 4.35. The van der Waals surface area contributed by atoms with Crippen molar-refractivity contribution in [3.05, 3.63) is 26.0 Å². The van der Waals surface area contributed by atoms with Gasteiger partial charge in [0.05, 0.1) is 5.56 Å². The summed E-state index contributed by atoms with van der Waals surface area (Å²) in [6, 6.07) is 0. The van der Waals surface area contributed by atoms with Crippen LogP contribution in [0.25, 0.3) is 0 Å². The van der Waals surface area contributed by atoms with E-state index in [-0.39, 0.29) is 3.57 Å². The third kappa shape index (κ3) is 2.11. The number of alkyl halides is 2. The number of carbonyl (C=O) groups is 1. The van der Waals surface area contributed by atoms with E-state index in [1.807, 2.05) is 0 Å². The Bertz CT molecular complexity index is 386. The minimum atomic E-state index is -2.88. The van der Waals surface area contributed by atoms with Crippen LogP contribution < -0.4 is 0 Å². The lowest BCUT2D eigenvalue weighted by Crippen LogP contribution is -2.07. The number of aromatic carboxylic acids is 1. The number of hydrogen-bond donors (Lipinski definition) is 1. The molecule has 76 valence electrons. The molecule has 0 saturated carbocycles. The van der Waals surface area contributed by atoms with Gasteiger partial charge in [-0.25, -0.2) is 18.6 Å². The van der Waals surface area contributed by atoms with E-state index in [0.29, 0.717) is 0 Å². The van der Waals surface area contributed by atoms with Crippen LogP contribution >= 0.6 is 34.2 Å². The zero-order valence-electron chi connectivity index (χ0n) is 6.47. The molecule has 0 atom stereocenters. The van der Waals surface area contributed by atoms with Gasteiger partial charge in [-0.2, -0.15) is 0 Å². The van der Waals surface area contributed by atoms with Crippen LogP contribution in [0.2, 0.25) is 5.15 Å². The third-order valence-corrected chi connectivity index (χ3v) is 2.60. The maximum absolute atomic E-state index is 12.5. The first kappa shape index (κ1) is 11.6. The average Bonchev–Trinajstić information content (AvgIpc) is 2.07. The first-order chi connectivity index (χ1) is 6.45. The Morgan fingerprint density at radius 1 is 1.64 bits per heavy atom. The fraction of sp³-hybridized carbons (Fsp3) is 0.143. The highest BCUT2D eigenvalue weighted by Crippen LogP contribution is 2.30. The minimum Gasteiger partial charge on any atom is -0.478 e. The summed E-state index contributed by atoms with van der Waals surface area (Å²) in [5, 5.41) is 8.24. The summed E-state index contributed by atoms with van der Waals surface area (Å²) in [6.45, 7) is 0. The van der Waals surface area contributed by atoms with Crippen molar-refractivity contribution >= 4 is 40.2 Å². The summed E-state index contributed by atoms with van der Waals surface area (Å²) in [6.07, 6.45) is -1.77. The number of aromatic nitrogens is 1. The average molecular weight is 333 g/mol. The lowest BCUT2D eigenvalue weighted by atomic mass is 10.1. The monoisotopic (exact) mass is 333 g/mol. The summed E-state index contributed by atoms with van der Waals surface area (Å²) in [4.78, 5) is 14.1. The summed E-state index contributed by atoms with van der Waals surface area (Å²) >= 11 is 7.00. The molecule has 0 spiro atoms. The van der Waals surface area contributed by atoms with Crippen molar-refractivity contribution in [1.29, 1.82) is 0 Å². The van der Waals surface area contributed by atoms with Crippen molar-refractivity contribution in [2.24, 2.45) is 0 Å². The first-order valence-electron chi connectivity index (χ1n) is 3.30. The van der Waals surface area contributed by atoms with E-state index in [1.165, 1.54) is 0 Å². The van der Waals surface area contributed by atoms with Crippen LogP contribution in [0, 0.1) is 3.57 Å². The van der Waals surface area contributed by atoms with Crippen LogP contribution in [0.4, 0.5) is 8.78 Å². The Balaban J connectivity index is 3.50. The normalized spacial score (nSPS) is 10.6. The zero-order valence-corrected chi connectivity index (χ0v) is 9.38. The minimum absolute atomic E-state index is 0.0828. The van der Waals surface area contributed by atoms with Gasteiger partial charge in [0, 0.05) is 9.77 Å². The molecule has 0 aliphatic heterocycles. The van der Waals surface area contributed by atoms with Crippen LogP contribution in [-0.4, -0.2) is 16.1 Å². The van der Waals surface area contributed by atoms with E-state index in [4.69, 9.17) is 16.7 Å². The highest BCUT2D eigenvalue weighted by molar-refractivity contribution is 14.1. The smallest absolute Gasteiger partial charge is 0.339 e. The Kier molecular flexibility index (Phi) is 3.59. The second-order valence-corrected chi connectivity index (χ2v) is 3.81. The number of halogens is 4. The predicted octanol–water partition coefficient (Wildman–Crippen LogP) is 2.98. The van der Waals surface area contributed by atoms with E-state index >= 15 is 0 Å². The molecule has 1 aromatic heterocycles. The third-order valence-electron chi connectivity index (χ3n) is 1.46. The van der Waals surface area contributed by atoms with Crippen LogP contribution in [0.5, 0.6) is 0 Å². The Morgan fingerprint density at radius 2 is 2.21 bits per heavy atom. The molecule has 3 nitrogen and oxygen atoms in total. The lowest BCUT2D eigenvalue weighted by Gasteiger charge is -2.07. The second-order valence-electron chi connectivity index (χ2n) is 2.29. The largest absolute Gasteiger partial charge is 0.478 e. The van der Waals surface area contributed by atoms with Gasteiger partial charge in [-0.15, -0.1) is 0 Å². The fourth-order valence-corrected chi connectivity index (χ4v) is 1.77. The highest BCUT2D eigenvalue weighted by Gasteiger charge is 2.24.